The van der Waals surface area contributed by atoms with Gasteiger partial charge in [-0.25, -0.2) is 4.68 Å². The van der Waals surface area contributed by atoms with Crippen molar-refractivity contribution in [3.05, 3.63) is 70.7 Å². The van der Waals surface area contributed by atoms with E-state index in [1.807, 2.05) is 56.0 Å². The number of fused-ring (bicyclic) bond motifs is 1. The Kier molecular flexibility index (Phi) is 7.53. The Balaban J connectivity index is 1.43. The molecule has 0 aliphatic carbocycles. The molecule has 1 fully saturated rings. The van der Waals surface area contributed by atoms with Crippen LogP contribution in [0.25, 0.3) is 0 Å². The van der Waals surface area contributed by atoms with Gasteiger partial charge in [-0.05, 0) is 74.9 Å². The number of piperidine rings is 1. The Morgan fingerprint density at radius 1 is 1.08 bits per heavy atom. The van der Waals surface area contributed by atoms with Gasteiger partial charge in [0.1, 0.15) is 12.4 Å². The molecular weight excluding hydrogens is 496 g/mol. The molecule has 204 valence electrons. The summed E-state index contributed by atoms with van der Waals surface area (Å²) in [6.45, 7) is 7.33. The van der Waals surface area contributed by atoms with E-state index < -0.39 is 6.04 Å². The summed E-state index contributed by atoms with van der Waals surface area (Å²) in [6.07, 6.45) is 4.66. The van der Waals surface area contributed by atoms with Crippen molar-refractivity contribution in [1.29, 1.82) is 0 Å². The van der Waals surface area contributed by atoms with E-state index in [4.69, 9.17) is 9.47 Å². The molecule has 0 spiro atoms. The number of nitrogens with zero attached hydrogens (tertiary/aromatic N) is 4. The van der Waals surface area contributed by atoms with Crippen molar-refractivity contribution in [3.63, 3.8) is 0 Å². The summed E-state index contributed by atoms with van der Waals surface area (Å²) in [5, 5.41) is 10.7. The van der Waals surface area contributed by atoms with Crippen LogP contribution in [0.3, 0.4) is 0 Å². The first-order chi connectivity index (χ1) is 18.9. The average molecular weight is 531 g/mol. The van der Waals surface area contributed by atoms with E-state index in [2.05, 4.69) is 20.7 Å². The van der Waals surface area contributed by atoms with E-state index in [1.165, 1.54) is 6.33 Å². The van der Waals surface area contributed by atoms with Gasteiger partial charge in [0, 0.05) is 24.5 Å². The molecule has 5 rings (SSSR count). The molecule has 1 saturated heterocycles. The number of anilines is 2. The van der Waals surface area contributed by atoms with Crippen LogP contribution in [0.1, 0.15) is 48.9 Å². The zero-order valence-corrected chi connectivity index (χ0v) is 22.8. The number of carbonyl (C=O) groups is 2. The Bertz CT molecular complexity index is 1420. The minimum Gasteiger partial charge on any atom is -0.493 e. The van der Waals surface area contributed by atoms with Gasteiger partial charge < -0.3 is 25.0 Å². The Morgan fingerprint density at radius 2 is 1.87 bits per heavy atom. The number of aromatic nitrogens is 3. The van der Waals surface area contributed by atoms with Gasteiger partial charge in [-0.2, -0.15) is 10.1 Å². The lowest BCUT2D eigenvalue weighted by Gasteiger charge is -2.29. The van der Waals surface area contributed by atoms with Gasteiger partial charge in [0.2, 0.25) is 5.95 Å². The first-order valence-electron chi connectivity index (χ1n) is 13.2. The number of amides is 2. The molecule has 2 aromatic carbocycles. The van der Waals surface area contributed by atoms with E-state index in [9.17, 15) is 9.59 Å². The fraction of sp³-hybridized carbons (Fsp3) is 0.379. The van der Waals surface area contributed by atoms with Crippen LogP contribution >= 0.6 is 0 Å². The van der Waals surface area contributed by atoms with Crippen LogP contribution in [0.4, 0.5) is 11.6 Å². The van der Waals surface area contributed by atoms with Crippen LogP contribution in [0.2, 0.25) is 0 Å². The molecule has 3 aromatic rings. The molecule has 0 radical (unpaired) electrons. The van der Waals surface area contributed by atoms with Crippen molar-refractivity contribution < 1.29 is 19.1 Å². The fourth-order valence-electron chi connectivity index (χ4n) is 5.12. The number of allylic oxidation sites excluding steroid dienone is 1. The van der Waals surface area contributed by atoms with E-state index in [0.29, 0.717) is 28.7 Å². The molecule has 3 heterocycles. The molecule has 2 amide bonds. The van der Waals surface area contributed by atoms with E-state index >= 15 is 0 Å². The highest BCUT2D eigenvalue weighted by Crippen LogP contribution is 2.39. The lowest BCUT2D eigenvalue weighted by atomic mass is 9.94. The summed E-state index contributed by atoms with van der Waals surface area (Å²) < 4.78 is 13.2. The third-order valence-corrected chi connectivity index (χ3v) is 7.46. The molecular formula is C29H34N6O4. The maximum atomic E-state index is 13.7. The fourth-order valence-corrected chi connectivity index (χ4v) is 5.12. The van der Waals surface area contributed by atoms with E-state index in [1.54, 1.807) is 17.9 Å². The topological polar surface area (TPSA) is 111 Å². The van der Waals surface area contributed by atoms with Crippen molar-refractivity contribution in [2.45, 2.75) is 46.1 Å². The summed E-state index contributed by atoms with van der Waals surface area (Å²) in [5.41, 5.74) is 4.80. The van der Waals surface area contributed by atoms with E-state index in [0.717, 1.165) is 54.7 Å². The number of ether oxygens (including phenoxy) is 2. The minimum atomic E-state index is -0.563. The lowest BCUT2D eigenvalue weighted by Crippen LogP contribution is -2.38. The van der Waals surface area contributed by atoms with Gasteiger partial charge in [0.15, 0.2) is 18.1 Å². The van der Waals surface area contributed by atoms with Crippen molar-refractivity contribution in [2.75, 3.05) is 37.4 Å². The number of carbonyl (C=O) groups excluding carboxylic acids is 2. The molecule has 1 unspecified atom stereocenters. The number of methoxy groups -OCH3 is 1. The highest BCUT2D eigenvalue weighted by atomic mass is 16.5. The molecule has 10 heteroatoms. The highest BCUT2D eigenvalue weighted by molar-refractivity contribution is 6.06. The minimum absolute atomic E-state index is 0.0320. The SMILES string of the molecule is COc1cc(C2C(C(=O)Nc3cccc(C)c3C)=C(C)Nc3ncnn32)ccc1OCC(=O)N1CCCCC1. The van der Waals surface area contributed by atoms with Gasteiger partial charge >= 0.3 is 0 Å². The molecule has 2 aliphatic rings. The number of likely N-dealkylation sites (tertiary alicyclic amines) is 1. The van der Waals surface area contributed by atoms with Crippen molar-refractivity contribution in [1.82, 2.24) is 19.7 Å². The molecule has 39 heavy (non-hydrogen) atoms. The molecule has 1 atom stereocenters. The number of aryl methyl sites for hydroxylation is 1. The monoisotopic (exact) mass is 530 g/mol. The summed E-state index contributed by atoms with van der Waals surface area (Å²) in [5.74, 6) is 1.18. The predicted molar refractivity (Wildman–Crippen MR) is 148 cm³/mol. The summed E-state index contributed by atoms with van der Waals surface area (Å²) in [4.78, 5) is 32.5. The van der Waals surface area contributed by atoms with Crippen LogP contribution in [-0.4, -0.2) is 58.3 Å². The first-order valence-corrected chi connectivity index (χ1v) is 13.2. The Hall–Kier alpha value is -4.34. The summed E-state index contributed by atoms with van der Waals surface area (Å²) in [6, 6.07) is 10.7. The molecule has 0 saturated carbocycles. The smallest absolute Gasteiger partial charge is 0.260 e. The van der Waals surface area contributed by atoms with Gasteiger partial charge in [0.25, 0.3) is 11.8 Å². The maximum absolute atomic E-state index is 13.7. The van der Waals surface area contributed by atoms with Crippen molar-refractivity contribution in [3.8, 4) is 11.5 Å². The van der Waals surface area contributed by atoms with Crippen LogP contribution in [0, 0.1) is 13.8 Å². The zero-order valence-electron chi connectivity index (χ0n) is 22.8. The second kappa shape index (κ2) is 11.2. The number of hydrogen-bond acceptors (Lipinski definition) is 7. The Labute approximate surface area is 228 Å². The second-order valence-electron chi connectivity index (χ2n) is 9.94. The Morgan fingerprint density at radius 3 is 2.64 bits per heavy atom. The van der Waals surface area contributed by atoms with Gasteiger partial charge in [-0.3, -0.25) is 9.59 Å². The molecule has 2 N–H and O–H groups in total. The van der Waals surface area contributed by atoms with E-state index in [-0.39, 0.29) is 18.4 Å². The maximum Gasteiger partial charge on any atom is 0.260 e. The van der Waals surface area contributed by atoms with Gasteiger partial charge in [-0.15, -0.1) is 0 Å². The quantitative estimate of drug-likeness (QED) is 0.471. The molecule has 10 nitrogen and oxygen atoms in total. The van der Waals surface area contributed by atoms with Crippen LogP contribution in [0.15, 0.2) is 54.0 Å². The van der Waals surface area contributed by atoms with Crippen LogP contribution < -0.4 is 20.1 Å². The molecule has 0 bridgehead atoms. The lowest BCUT2D eigenvalue weighted by molar-refractivity contribution is -0.134. The first kappa shape index (κ1) is 26.3. The molecule has 2 aliphatic heterocycles. The average Bonchev–Trinajstić information content (AvgIpc) is 3.41. The number of benzene rings is 2. The zero-order chi connectivity index (χ0) is 27.5. The largest absolute Gasteiger partial charge is 0.493 e. The third kappa shape index (κ3) is 5.32. The third-order valence-electron chi connectivity index (χ3n) is 7.46. The standard InChI is InChI=1S/C29H34N6O4/c1-18-9-8-10-22(19(18)2)33-28(37)26-20(3)32-29-30-17-31-35(29)27(26)21-11-12-23(24(15-21)38-4)39-16-25(36)34-13-6-5-7-14-34/h8-12,15,17,27H,5-7,13-14,16H2,1-4H3,(H,33,37)(H,30,31,32). The van der Waals surface area contributed by atoms with Crippen molar-refractivity contribution >= 4 is 23.5 Å². The summed E-state index contributed by atoms with van der Waals surface area (Å²) in [7, 11) is 1.55. The highest BCUT2D eigenvalue weighted by Gasteiger charge is 2.34. The number of rotatable bonds is 7. The molecule has 1 aromatic heterocycles. The van der Waals surface area contributed by atoms with Gasteiger partial charge in [-0.1, -0.05) is 18.2 Å². The number of hydrogen-bond donors (Lipinski definition) is 2. The second-order valence-corrected chi connectivity index (χ2v) is 9.94. The normalized spacial score (nSPS) is 16.8. The van der Waals surface area contributed by atoms with Crippen molar-refractivity contribution in [2.24, 2.45) is 0 Å². The van der Waals surface area contributed by atoms with Crippen LogP contribution in [0.5, 0.6) is 11.5 Å². The summed E-state index contributed by atoms with van der Waals surface area (Å²) >= 11 is 0. The predicted octanol–water partition coefficient (Wildman–Crippen LogP) is 4.22. The number of nitrogens with one attached hydrogen (secondary N) is 2. The van der Waals surface area contributed by atoms with Gasteiger partial charge in [0.05, 0.1) is 12.7 Å². The van der Waals surface area contributed by atoms with Crippen LogP contribution in [-0.2, 0) is 9.59 Å².